The third-order valence-corrected chi connectivity index (χ3v) is 5.30. The minimum absolute atomic E-state index is 0.0337. The van der Waals surface area contributed by atoms with Gasteiger partial charge in [-0.15, -0.1) is 0 Å². The first-order chi connectivity index (χ1) is 12.5. The van der Waals surface area contributed by atoms with Crippen LogP contribution in [-0.2, 0) is 16.1 Å². The average molecular weight is 363 g/mol. The maximum Gasteiger partial charge on any atom is 0.0916 e. The van der Waals surface area contributed by atoms with Gasteiger partial charge in [-0.05, 0) is 49.7 Å². The molecule has 3 unspecified atom stereocenters. The van der Waals surface area contributed by atoms with E-state index in [2.05, 4.69) is 19.1 Å². The molecule has 2 N–H and O–H groups in total. The molecule has 1 heterocycles. The van der Waals surface area contributed by atoms with Crippen LogP contribution in [0.1, 0.15) is 51.5 Å². The van der Waals surface area contributed by atoms with Crippen LogP contribution in [0.25, 0.3) is 0 Å². The average Bonchev–Trinajstić information content (AvgIpc) is 2.77. The molecule has 1 aromatic rings. The van der Waals surface area contributed by atoms with Gasteiger partial charge in [-0.25, -0.2) is 0 Å². The minimum Gasteiger partial charge on any atom is -0.392 e. The summed E-state index contributed by atoms with van der Waals surface area (Å²) in [5.74, 6) is 0.482. The monoisotopic (exact) mass is 362 g/mol. The Kier molecular flexibility index (Phi) is 8.79. The van der Waals surface area contributed by atoms with Crippen LogP contribution in [0, 0.1) is 5.92 Å². The Morgan fingerprint density at radius 1 is 1.35 bits per heavy atom. The van der Waals surface area contributed by atoms with Gasteiger partial charge in [0, 0.05) is 6.61 Å². The smallest absolute Gasteiger partial charge is 0.0916 e. The minimum atomic E-state index is -0.504. The van der Waals surface area contributed by atoms with Crippen molar-refractivity contribution in [2.75, 3.05) is 19.8 Å². The fraction of sp³-hybridized carbons (Fsp3) is 0.636. The summed E-state index contributed by atoms with van der Waals surface area (Å²) in [5, 5.41) is 19.5. The van der Waals surface area contributed by atoms with Crippen LogP contribution in [0.15, 0.2) is 42.0 Å². The molecule has 1 aliphatic rings. The Hall–Kier alpha value is -1.20. The first-order valence-electron chi connectivity index (χ1n) is 9.76. The van der Waals surface area contributed by atoms with Gasteiger partial charge in [0.1, 0.15) is 0 Å². The van der Waals surface area contributed by atoms with Gasteiger partial charge in [-0.2, -0.15) is 0 Å². The van der Waals surface area contributed by atoms with E-state index in [1.54, 1.807) is 6.08 Å². The van der Waals surface area contributed by atoms with Crippen LogP contribution < -0.4 is 0 Å². The number of ether oxygens (including phenoxy) is 2. The lowest BCUT2D eigenvalue weighted by Crippen LogP contribution is -2.41. The Morgan fingerprint density at radius 3 is 2.85 bits per heavy atom. The van der Waals surface area contributed by atoms with Crippen molar-refractivity contribution in [3.05, 3.63) is 47.5 Å². The molecule has 146 valence electrons. The molecule has 1 aromatic carbocycles. The number of hydrogen-bond donors (Lipinski definition) is 2. The zero-order valence-electron chi connectivity index (χ0n) is 16.2. The number of aliphatic hydroxyl groups is 2. The van der Waals surface area contributed by atoms with Crippen molar-refractivity contribution in [2.45, 2.75) is 64.3 Å². The molecular formula is C22H34O4. The summed E-state index contributed by atoms with van der Waals surface area (Å²) < 4.78 is 11.8. The van der Waals surface area contributed by atoms with Crippen molar-refractivity contribution in [2.24, 2.45) is 5.92 Å². The van der Waals surface area contributed by atoms with Crippen molar-refractivity contribution in [1.29, 1.82) is 0 Å². The van der Waals surface area contributed by atoms with Gasteiger partial charge in [0.2, 0.25) is 0 Å². The first-order valence-corrected chi connectivity index (χ1v) is 9.76. The quantitative estimate of drug-likeness (QED) is 0.655. The zero-order chi connectivity index (χ0) is 18.8. The van der Waals surface area contributed by atoms with Crippen molar-refractivity contribution < 1.29 is 19.7 Å². The van der Waals surface area contributed by atoms with E-state index in [0.717, 1.165) is 37.9 Å². The van der Waals surface area contributed by atoms with Crippen LogP contribution in [0.5, 0.6) is 0 Å². The summed E-state index contributed by atoms with van der Waals surface area (Å²) in [7, 11) is 0. The molecule has 3 atom stereocenters. The Morgan fingerprint density at radius 2 is 2.12 bits per heavy atom. The van der Waals surface area contributed by atoms with Gasteiger partial charge in [0.25, 0.3) is 0 Å². The predicted octanol–water partition coefficient (Wildman–Crippen LogP) is 3.86. The summed E-state index contributed by atoms with van der Waals surface area (Å²) in [6, 6.07) is 10.2. The SMILES string of the molecule is CC(CCCC1(C)OC/C(=C/CO)CCC1O)COCc1ccccc1. The molecule has 0 amide bonds. The van der Waals surface area contributed by atoms with E-state index in [-0.39, 0.29) is 6.61 Å². The summed E-state index contributed by atoms with van der Waals surface area (Å²) in [5.41, 5.74) is 1.78. The highest BCUT2D eigenvalue weighted by Gasteiger charge is 2.35. The summed E-state index contributed by atoms with van der Waals surface area (Å²) in [4.78, 5) is 0. The van der Waals surface area contributed by atoms with Gasteiger partial charge in [0.05, 0.1) is 31.5 Å². The number of hydrogen-bond acceptors (Lipinski definition) is 4. The van der Waals surface area contributed by atoms with Gasteiger partial charge in [0.15, 0.2) is 0 Å². The lowest BCUT2D eigenvalue weighted by molar-refractivity contribution is -0.105. The molecule has 1 aliphatic heterocycles. The molecule has 1 saturated heterocycles. The lowest BCUT2D eigenvalue weighted by Gasteiger charge is -2.33. The number of rotatable bonds is 9. The van der Waals surface area contributed by atoms with Gasteiger partial charge >= 0.3 is 0 Å². The van der Waals surface area contributed by atoms with E-state index in [0.29, 0.717) is 25.6 Å². The largest absolute Gasteiger partial charge is 0.392 e. The van der Waals surface area contributed by atoms with Crippen molar-refractivity contribution in [3.8, 4) is 0 Å². The van der Waals surface area contributed by atoms with E-state index in [4.69, 9.17) is 14.6 Å². The Balaban J connectivity index is 1.69. The van der Waals surface area contributed by atoms with Crippen LogP contribution in [-0.4, -0.2) is 41.7 Å². The maximum atomic E-state index is 10.5. The number of benzene rings is 1. The second-order valence-corrected chi connectivity index (χ2v) is 7.70. The molecule has 0 bridgehead atoms. The van der Waals surface area contributed by atoms with E-state index in [1.165, 1.54) is 5.56 Å². The van der Waals surface area contributed by atoms with Crippen LogP contribution in [0.2, 0.25) is 0 Å². The zero-order valence-corrected chi connectivity index (χ0v) is 16.2. The molecule has 2 rings (SSSR count). The van der Waals surface area contributed by atoms with E-state index >= 15 is 0 Å². The van der Waals surface area contributed by atoms with Crippen LogP contribution in [0.4, 0.5) is 0 Å². The molecule has 0 saturated carbocycles. The summed E-state index contributed by atoms with van der Waals surface area (Å²) in [6.45, 7) is 6.16. The lowest BCUT2D eigenvalue weighted by atomic mass is 9.88. The van der Waals surface area contributed by atoms with E-state index < -0.39 is 11.7 Å². The fourth-order valence-corrected chi connectivity index (χ4v) is 3.42. The second kappa shape index (κ2) is 10.8. The summed E-state index contributed by atoms with van der Waals surface area (Å²) >= 11 is 0. The predicted molar refractivity (Wildman–Crippen MR) is 104 cm³/mol. The molecule has 1 fully saturated rings. The highest BCUT2D eigenvalue weighted by Crippen LogP contribution is 2.31. The molecule has 4 nitrogen and oxygen atoms in total. The first kappa shape index (κ1) is 21.1. The summed E-state index contributed by atoms with van der Waals surface area (Å²) in [6.07, 6.45) is 5.71. The van der Waals surface area contributed by atoms with Crippen molar-refractivity contribution in [3.63, 3.8) is 0 Å². The highest BCUT2D eigenvalue weighted by molar-refractivity contribution is 5.13. The van der Waals surface area contributed by atoms with Gasteiger partial charge < -0.3 is 19.7 Å². The Bertz CT molecular complexity index is 542. The molecular weight excluding hydrogens is 328 g/mol. The van der Waals surface area contributed by atoms with Gasteiger partial charge in [-0.1, -0.05) is 49.8 Å². The molecule has 0 spiro atoms. The molecule has 4 heteroatoms. The van der Waals surface area contributed by atoms with E-state index in [9.17, 15) is 5.11 Å². The maximum absolute atomic E-state index is 10.5. The fourth-order valence-electron chi connectivity index (χ4n) is 3.42. The van der Waals surface area contributed by atoms with Crippen molar-refractivity contribution in [1.82, 2.24) is 0 Å². The van der Waals surface area contributed by atoms with Gasteiger partial charge in [-0.3, -0.25) is 0 Å². The Labute approximate surface area is 157 Å². The standard InChI is InChI=1S/C22H34O4/c1-18(15-25-16-19-8-4-3-5-9-19)7-6-13-22(2)21(24)11-10-20(12-14-23)17-26-22/h3-5,8-9,12,18,21,23-24H,6-7,10-11,13-17H2,1-2H3/b20-12+. The molecule has 0 radical (unpaired) electrons. The number of aliphatic hydroxyl groups excluding tert-OH is 2. The normalized spacial score (nSPS) is 26.6. The van der Waals surface area contributed by atoms with Crippen LogP contribution in [0.3, 0.4) is 0 Å². The third kappa shape index (κ3) is 6.84. The second-order valence-electron chi connectivity index (χ2n) is 7.70. The molecule has 0 aliphatic carbocycles. The van der Waals surface area contributed by atoms with Crippen LogP contribution >= 0.6 is 0 Å². The topological polar surface area (TPSA) is 58.9 Å². The highest BCUT2D eigenvalue weighted by atomic mass is 16.5. The molecule has 26 heavy (non-hydrogen) atoms. The third-order valence-electron chi connectivity index (χ3n) is 5.30. The van der Waals surface area contributed by atoms with E-state index in [1.807, 2.05) is 25.1 Å². The molecule has 0 aromatic heterocycles. The van der Waals surface area contributed by atoms with Crippen molar-refractivity contribution >= 4 is 0 Å².